The van der Waals surface area contributed by atoms with E-state index in [-0.39, 0.29) is 6.79 Å². The highest BCUT2D eigenvalue weighted by molar-refractivity contribution is 6.13. The van der Waals surface area contributed by atoms with Crippen molar-refractivity contribution in [1.29, 1.82) is 5.26 Å². The molecule has 0 unspecified atom stereocenters. The van der Waals surface area contributed by atoms with Crippen molar-refractivity contribution >= 4 is 43.7 Å². The first-order chi connectivity index (χ1) is 21.3. The van der Waals surface area contributed by atoms with Crippen LogP contribution in [0.5, 0.6) is 11.5 Å². The van der Waals surface area contributed by atoms with Crippen LogP contribution in [0, 0.1) is 11.3 Å². The molecule has 0 fully saturated rings. The van der Waals surface area contributed by atoms with E-state index in [0.717, 1.165) is 83.2 Å². The maximum absolute atomic E-state index is 9.56. The number of furan rings is 1. The lowest BCUT2D eigenvalue weighted by molar-refractivity contribution is 0.125. The van der Waals surface area contributed by atoms with Gasteiger partial charge in [0.15, 0.2) is 0 Å². The lowest BCUT2D eigenvalue weighted by atomic mass is 9.94. The molecule has 0 bridgehead atoms. The molecule has 8 aromatic rings. The van der Waals surface area contributed by atoms with Gasteiger partial charge in [-0.2, -0.15) is 5.26 Å². The van der Waals surface area contributed by atoms with E-state index in [1.54, 1.807) is 0 Å². The van der Waals surface area contributed by atoms with E-state index < -0.39 is 0 Å². The normalized spacial score (nSPS) is 12.4. The standard InChI is InChI=1S/C38H22N2O3/c39-21-23-12-15-33-29(18-23)27-6-1-3-9-32(27)40(33)25-14-17-35-31(20-25)30-19-24(13-16-34(30)41-22-42-35)26-8-5-11-37-38(26)28-7-2-4-10-36(28)43-37/h1-20H,22H2. The molecule has 0 N–H and O–H groups in total. The van der Waals surface area contributed by atoms with Gasteiger partial charge in [-0.3, -0.25) is 0 Å². The molecule has 6 aromatic carbocycles. The first kappa shape index (κ1) is 23.7. The predicted molar refractivity (Wildman–Crippen MR) is 170 cm³/mol. The summed E-state index contributed by atoms with van der Waals surface area (Å²) in [5.74, 6) is 1.53. The number of aromatic nitrogens is 1. The number of fused-ring (bicyclic) bond motifs is 9. The molecule has 0 saturated carbocycles. The van der Waals surface area contributed by atoms with Gasteiger partial charge in [0.2, 0.25) is 6.79 Å². The number of nitrogens with zero attached hydrogens (tertiary/aromatic N) is 2. The second-order valence-electron chi connectivity index (χ2n) is 10.8. The van der Waals surface area contributed by atoms with Crippen molar-refractivity contribution in [2.45, 2.75) is 0 Å². The Hall–Kier alpha value is -5.99. The van der Waals surface area contributed by atoms with Gasteiger partial charge in [0, 0.05) is 38.4 Å². The molecule has 202 valence electrons. The third-order valence-electron chi connectivity index (χ3n) is 8.44. The van der Waals surface area contributed by atoms with E-state index in [9.17, 15) is 5.26 Å². The minimum atomic E-state index is 0.132. The zero-order chi connectivity index (χ0) is 28.5. The number of hydrogen-bond acceptors (Lipinski definition) is 4. The summed E-state index contributed by atoms with van der Waals surface area (Å²) in [4.78, 5) is 0. The number of benzene rings is 6. The van der Waals surface area contributed by atoms with Crippen molar-refractivity contribution < 1.29 is 13.9 Å². The molecule has 0 atom stereocenters. The van der Waals surface area contributed by atoms with Gasteiger partial charge in [-0.25, -0.2) is 0 Å². The van der Waals surface area contributed by atoms with Crippen LogP contribution in [0.2, 0.25) is 0 Å². The Morgan fingerprint density at radius 1 is 0.581 bits per heavy atom. The summed E-state index contributed by atoms with van der Waals surface area (Å²) in [6.45, 7) is 0.132. The summed E-state index contributed by atoms with van der Waals surface area (Å²) in [7, 11) is 0. The molecule has 1 aliphatic heterocycles. The van der Waals surface area contributed by atoms with E-state index in [2.05, 4.69) is 59.2 Å². The summed E-state index contributed by atoms with van der Waals surface area (Å²) >= 11 is 0. The van der Waals surface area contributed by atoms with Crippen LogP contribution in [-0.4, -0.2) is 11.4 Å². The Morgan fingerprint density at radius 2 is 1.33 bits per heavy atom. The van der Waals surface area contributed by atoms with Crippen molar-refractivity contribution in [2.75, 3.05) is 6.79 Å². The first-order valence-corrected chi connectivity index (χ1v) is 14.2. The van der Waals surface area contributed by atoms with Crippen LogP contribution >= 0.6 is 0 Å². The summed E-state index contributed by atoms with van der Waals surface area (Å²) in [6, 6.07) is 43.4. The van der Waals surface area contributed by atoms with Crippen molar-refractivity contribution in [3.05, 3.63) is 127 Å². The lowest BCUT2D eigenvalue weighted by Gasteiger charge is -2.14. The Morgan fingerprint density at radius 3 is 2.21 bits per heavy atom. The molecule has 9 rings (SSSR count). The highest BCUT2D eigenvalue weighted by Gasteiger charge is 2.21. The van der Waals surface area contributed by atoms with Crippen molar-refractivity contribution in [1.82, 2.24) is 4.57 Å². The maximum atomic E-state index is 9.56. The van der Waals surface area contributed by atoms with Crippen LogP contribution in [0.15, 0.2) is 126 Å². The Balaban J connectivity index is 1.27. The SMILES string of the molecule is N#Cc1ccc2c(c1)c1ccccc1n2-c1ccc2c(c1)-c1cc(-c3cccc4oc5ccccc5c34)ccc1OCO2. The Kier molecular flexibility index (Phi) is 4.96. The van der Waals surface area contributed by atoms with Gasteiger partial charge in [-0.15, -0.1) is 0 Å². The summed E-state index contributed by atoms with van der Waals surface area (Å²) in [5.41, 5.74) is 9.58. The van der Waals surface area contributed by atoms with Crippen molar-refractivity contribution in [3.63, 3.8) is 0 Å². The smallest absolute Gasteiger partial charge is 0.230 e. The molecule has 0 spiro atoms. The van der Waals surface area contributed by atoms with Gasteiger partial charge in [-0.1, -0.05) is 54.6 Å². The van der Waals surface area contributed by atoms with E-state index >= 15 is 0 Å². The molecule has 0 aliphatic carbocycles. The zero-order valence-corrected chi connectivity index (χ0v) is 22.9. The van der Waals surface area contributed by atoms with Gasteiger partial charge in [0.05, 0.1) is 22.7 Å². The van der Waals surface area contributed by atoms with Crippen molar-refractivity contribution in [3.8, 4) is 45.5 Å². The average molecular weight is 555 g/mol. The molecule has 43 heavy (non-hydrogen) atoms. The molecule has 3 heterocycles. The van der Waals surface area contributed by atoms with Crippen LogP contribution < -0.4 is 9.47 Å². The van der Waals surface area contributed by atoms with E-state index in [1.807, 2.05) is 72.8 Å². The van der Waals surface area contributed by atoms with Crippen molar-refractivity contribution in [2.24, 2.45) is 0 Å². The number of para-hydroxylation sites is 2. The average Bonchev–Trinajstić information content (AvgIpc) is 3.54. The van der Waals surface area contributed by atoms with Crippen LogP contribution in [0.4, 0.5) is 0 Å². The maximum Gasteiger partial charge on any atom is 0.230 e. The summed E-state index contributed by atoms with van der Waals surface area (Å²) in [5, 5.41) is 13.9. The quantitative estimate of drug-likeness (QED) is 0.213. The highest BCUT2D eigenvalue weighted by Crippen LogP contribution is 2.45. The summed E-state index contributed by atoms with van der Waals surface area (Å²) < 4.78 is 20.6. The second-order valence-corrected chi connectivity index (χ2v) is 10.8. The fourth-order valence-electron chi connectivity index (χ4n) is 6.52. The van der Waals surface area contributed by atoms with Crippen LogP contribution in [0.25, 0.3) is 71.7 Å². The van der Waals surface area contributed by atoms with Gasteiger partial charge >= 0.3 is 0 Å². The van der Waals surface area contributed by atoms with Crippen LogP contribution in [-0.2, 0) is 0 Å². The Labute approximate surface area is 246 Å². The highest BCUT2D eigenvalue weighted by atomic mass is 16.7. The molecule has 2 aromatic heterocycles. The van der Waals surface area contributed by atoms with Gasteiger partial charge in [-0.05, 0) is 77.9 Å². The molecule has 5 nitrogen and oxygen atoms in total. The van der Waals surface area contributed by atoms with E-state index in [1.165, 1.54) is 0 Å². The fourth-order valence-corrected chi connectivity index (χ4v) is 6.52. The van der Waals surface area contributed by atoms with Gasteiger partial charge < -0.3 is 18.5 Å². The second kappa shape index (κ2) is 9.01. The molecule has 0 amide bonds. The molecule has 5 heteroatoms. The van der Waals surface area contributed by atoms with E-state index in [4.69, 9.17) is 13.9 Å². The number of ether oxygens (including phenoxy) is 2. The topological polar surface area (TPSA) is 60.3 Å². The molecule has 0 saturated heterocycles. The zero-order valence-electron chi connectivity index (χ0n) is 22.9. The predicted octanol–water partition coefficient (Wildman–Crippen LogP) is 9.62. The number of rotatable bonds is 2. The molecule has 1 aliphatic rings. The van der Waals surface area contributed by atoms with Crippen LogP contribution in [0.1, 0.15) is 5.56 Å². The van der Waals surface area contributed by atoms with Gasteiger partial charge in [0.1, 0.15) is 22.7 Å². The first-order valence-electron chi connectivity index (χ1n) is 14.2. The third kappa shape index (κ3) is 3.51. The fraction of sp³-hybridized carbons (Fsp3) is 0.0263. The molecular formula is C38H22N2O3. The molecule has 0 radical (unpaired) electrons. The molecular weight excluding hydrogens is 532 g/mol. The van der Waals surface area contributed by atoms with Gasteiger partial charge in [0.25, 0.3) is 0 Å². The summed E-state index contributed by atoms with van der Waals surface area (Å²) in [6.07, 6.45) is 0. The Bertz CT molecular complexity index is 2460. The lowest BCUT2D eigenvalue weighted by Crippen LogP contribution is -2.03. The monoisotopic (exact) mass is 554 g/mol. The minimum absolute atomic E-state index is 0.132. The number of hydrogen-bond donors (Lipinski definition) is 0. The largest absolute Gasteiger partial charge is 0.457 e. The van der Waals surface area contributed by atoms with Crippen LogP contribution in [0.3, 0.4) is 0 Å². The minimum Gasteiger partial charge on any atom is -0.457 e. The van der Waals surface area contributed by atoms with E-state index in [0.29, 0.717) is 5.56 Å². The number of nitriles is 1. The third-order valence-corrected chi connectivity index (χ3v) is 8.44.